The van der Waals surface area contributed by atoms with Crippen molar-refractivity contribution in [2.24, 2.45) is 4.99 Å². The minimum atomic E-state index is -0.181. The molecule has 1 unspecified atom stereocenters. The van der Waals surface area contributed by atoms with Crippen LogP contribution < -0.4 is 10.1 Å². The van der Waals surface area contributed by atoms with Gasteiger partial charge in [0.05, 0.1) is 0 Å². The van der Waals surface area contributed by atoms with Gasteiger partial charge >= 0.3 is 0 Å². The molecular weight excluding hydrogens is 464 g/mol. The van der Waals surface area contributed by atoms with Gasteiger partial charge in [0.2, 0.25) is 0 Å². The molecule has 5 aromatic rings. The fourth-order valence-corrected chi connectivity index (χ4v) is 5.69. The first-order valence-corrected chi connectivity index (χ1v) is 13.1. The van der Waals surface area contributed by atoms with Gasteiger partial charge in [-0.05, 0) is 47.0 Å². The Kier molecular flexibility index (Phi) is 5.19. The first-order chi connectivity index (χ1) is 18.6. The monoisotopic (exact) mass is 492 g/mol. The van der Waals surface area contributed by atoms with E-state index < -0.39 is 0 Å². The van der Waals surface area contributed by atoms with Gasteiger partial charge in [-0.25, -0.2) is 0 Å². The lowest BCUT2D eigenvalue weighted by molar-refractivity contribution is 0.418. The van der Waals surface area contributed by atoms with Crippen molar-refractivity contribution in [2.75, 3.05) is 5.32 Å². The standard InChI is InChI=1S/C35H28N2O/c1-35(2)28-13-7-9-15-31(28)38-32-21-20-26(22-29(32)35)34-36-30-14-8-6-12-27(30)33(37-34)25-18-16-24(17-19-25)23-10-4-3-5-11-23/h3-22,33H,1-2H3,(H,36,37). The summed E-state index contributed by atoms with van der Waals surface area (Å²) in [5, 5.41) is 3.61. The lowest BCUT2D eigenvalue weighted by Gasteiger charge is -2.35. The van der Waals surface area contributed by atoms with Gasteiger partial charge in [-0.15, -0.1) is 0 Å². The number of amidine groups is 1. The highest BCUT2D eigenvalue weighted by Crippen LogP contribution is 2.48. The zero-order chi connectivity index (χ0) is 25.7. The molecule has 2 heterocycles. The highest BCUT2D eigenvalue weighted by Gasteiger charge is 2.34. The van der Waals surface area contributed by atoms with Crippen LogP contribution in [-0.4, -0.2) is 5.84 Å². The molecule has 0 saturated carbocycles. The maximum atomic E-state index is 6.29. The highest BCUT2D eigenvalue weighted by molar-refractivity contribution is 6.10. The lowest BCUT2D eigenvalue weighted by Crippen LogP contribution is -2.26. The summed E-state index contributed by atoms with van der Waals surface area (Å²) in [4.78, 5) is 5.27. The molecule has 0 fully saturated rings. The Labute approximate surface area is 223 Å². The number of aliphatic imine (C=N–C) groups is 1. The maximum Gasteiger partial charge on any atom is 0.133 e. The Hall–Kier alpha value is -4.63. The van der Waals surface area contributed by atoms with Gasteiger partial charge in [0, 0.05) is 33.4 Å². The molecule has 5 aromatic carbocycles. The minimum absolute atomic E-state index is 0.0895. The van der Waals surface area contributed by atoms with Gasteiger partial charge in [0.1, 0.15) is 23.4 Å². The highest BCUT2D eigenvalue weighted by atomic mass is 16.5. The third-order valence-corrected chi connectivity index (χ3v) is 7.81. The van der Waals surface area contributed by atoms with E-state index in [2.05, 4.69) is 122 Å². The van der Waals surface area contributed by atoms with Crippen LogP contribution in [-0.2, 0) is 5.41 Å². The first-order valence-electron chi connectivity index (χ1n) is 13.1. The average molecular weight is 493 g/mol. The van der Waals surface area contributed by atoms with E-state index in [1.54, 1.807) is 0 Å². The Morgan fingerprint density at radius 2 is 1.29 bits per heavy atom. The Morgan fingerprint density at radius 1 is 0.632 bits per heavy atom. The number of benzene rings is 5. The van der Waals surface area contributed by atoms with Crippen molar-refractivity contribution in [3.05, 3.63) is 149 Å². The predicted octanol–water partition coefficient (Wildman–Crippen LogP) is 8.75. The van der Waals surface area contributed by atoms with Crippen LogP contribution >= 0.6 is 0 Å². The van der Waals surface area contributed by atoms with Gasteiger partial charge in [0.15, 0.2) is 0 Å². The molecular formula is C35H28N2O. The number of fused-ring (bicyclic) bond motifs is 3. The normalized spacial score (nSPS) is 16.7. The third kappa shape index (κ3) is 3.71. The Bertz CT molecular complexity index is 1680. The van der Waals surface area contributed by atoms with E-state index in [4.69, 9.17) is 9.73 Å². The van der Waals surface area contributed by atoms with Crippen LogP contribution in [0.25, 0.3) is 11.1 Å². The van der Waals surface area contributed by atoms with Crippen LogP contribution in [0.1, 0.15) is 47.7 Å². The topological polar surface area (TPSA) is 33.6 Å². The number of rotatable bonds is 3. The summed E-state index contributed by atoms with van der Waals surface area (Å²) >= 11 is 0. The van der Waals surface area contributed by atoms with Crippen molar-refractivity contribution in [3.63, 3.8) is 0 Å². The molecule has 3 nitrogen and oxygen atoms in total. The number of hydrogen-bond donors (Lipinski definition) is 1. The summed E-state index contributed by atoms with van der Waals surface area (Å²) in [6.45, 7) is 4.53. The molecule has 0 spiro atoms. The lowest BCUT2D eigenvalue weighted by atomic mass is 9.75. The molecule has 7 rings (SSSR count). The Morgan fingerprint density at radius 3 is 2.13 bits per heavy atom. The van der Waals surface area contributed by atoms with Crippen molar-refractivity contribution < 1.29 is 4.74 Å². The fourth-order valence-electron chi connectivity index (χ4n) is 5.69. The van der Waals surface area contributed by atoms with Gasteiger partial charge in [-0.1, -0.05) is 105 Å². The zero-order valence-electron chi connectivity index (χ0n) is 21.5. The summed E-state index contributed by atoms with van der Waals surface area (Å²) in [5.41, 5.74) is 9.11. The molecule has 0 aromatic heterocycles. The van der Waals surface area contributed by atoms with Crippen molar-refractivity contribution in [1.29, 1.82) is 0 Å². The van der Waals surface area contributed by atoms with Crippen molar-refractivity contribution in [2.45, 2.75) is 25.3 Å². The van der Waals surface area contributed by atoms with Crippen LogP contribution in [0.5, 0.6) is 11.5 Å². The molecule has 0 aliphatic carbocycles. The average Bonchev–Trinajstić information content (AvgIpc) is 2.97. The van der Waals surface area contributed by atoms with E-state index >= 15 is 0 Å². The number of nitrogens with zero attached hydrogens (tertiary/aromatic N) is 1. The number of anilines is 1. The van der Waals surface area contributed by atoms with Crippen LogP contribution in [0.3, 0.4) is 0 Å². The number of para-hydroxylation sites is 2. The predicted molar refractivity (Wildman–Crippen MR) is 155 cm³/mol. The molecule has 0 radical (unpaired) electrons. The molecule has 1 N–H and O–H groups in total. The molecule has 0 bridgehead atoms. The van der Waals surface area contributed by atoms with Crippen molar-refractivity contribution in [1.82, 2.24) is 0 Å². The van der Waals surface area contributed by atoms with Crippen LogP contribution in [0, 0.1) is 0 Å². The van der Waals surface area contributed by atoms with E-state index in [0.717, 1.165) is 28.6 Å². The molecule has 38 heavy (non-hydrogen) atoms. The second-order valence-corrected chi connectivity index (χ2v) is 10.5. The fraction of sp³-hybridized carbons (Fsp3) is 0.114. The number of ether oxygens (including phenoxy) is 1. The molecule has 2 aliphatic heterocycles. The second-order valence-electron chi connectivity index (χ2n) is 10.5. The summed E-state index contributed by atoms with van der Waals surface area (Å²) in [6, 6.07) is 42.4. The van der Waals surface area contributed by atoms with Crippen molar-refractivity contribution >= 4 is 11.5 Å². The molecule has 184 valence electrons. The third-order valence-electron chi connectivity index (χ3n) is 7.81. The van der Waals surface area contributed by atoms with Gasteiger partial charge in [-0.2, -0.15) is 0 Å². The van der Waals surface area contributed by atoms with Crippen molar-refractivity contribution in [3.8, 4) is 22.6 Å². The van der Waals surface area contributed by atoms with E-state index in [1.165, 1.54) is 33.4 Å². The molecule has 2 aliphatic rings. The van der Waals surface area contributed by atoms with E-state index in [1.807, 2.05) is 18.2 Å². The molecule has 1 atom stereocenters. The largest absolute Gasteiger partial charge is 0.457 e. The quantitative estimate of drug-likeness (QED) is 0.273. The van der Waals surface area contributed by atoms with Crippen LogP contribution in [0.2, 0.25) is 0 Å². The van der Waals surface area contributed by atoms with Gasteiger partial charge < -0.3 is 10.1 Å². The van der Waals surface area contributed by atoms with E-state index in [0.29, 0.717) is 0 Å². The molecule has 0 amide bonds. The SMILES string of the molecule is CC1(C)c2ccccc2Oc2ccc(C3=NC(c4ccc(-c5ccccc5)cc4)c4ccccc4N3)cc21. The second kappa shape index (κ2) is 8.74. The summed E-state index contributed by atoms with van der Waals surface area (Å²) < 4.78 is 6.29. The Balaban J connectivity index is 1.29. The summed E-state index contributed by atoms with van der Waals surface area (Å²) in [5.74, 6) is 2.71. The maximum absolute atomic E-state index is 6.29. The number of hydrogen-bond acceptors (Lipinski definition) is 3. The van der Waals surface area contributed by atoms with E-state index in [9.17, 15) is 0 Å². The summed E-state index contributed by atoms with van der Waals surface area (Å²) in [6.07, 6.45) is 0. The number of nitrogens with one attached hydrogen (secondary N) is 1. The first kappa shape index (κ1) is 22.6. The molecule has 0 saturated heterocycles. The van der Waals surface area contributed by atoms with Crippen LogP contribution in [0.4, 0.5) is 5.69 Å². The van der Waals surface area contributed by atoms with Gasteiger partial charge in [0.25, 0.3) is 0 Å². The minimum Gasteiger partial charge on any atom is -0.457 e. The van der Waals surface area contributed by atoms with E-state index in [-0.39, 0.29) is 11.5 Å². The molecule has 3 heteroatoms. The van der Waals surface area contributed by atoms with Crippen LogP contribution in [0.15, 0.2) is 126 Å². The smallest absolute Gasteiger partial charge is 0.133 e. The summed E-state index contributed by atoms with van der Waals surface area (Å²) in [7, 11) is 0. The zero-order valence-corrected chi connectivity index (χ0v) is 21.5. The van der Waals surface area contributed by atoms with Gasteiger partial charge in [-0.3, -0.25) is 4.99 Å².